The van der Waals surface area contributed by atoms with Crippen molar-refractivity contribution in [1.29, 1.82) is 0 Å². The van der Waals surface area contributed by atoms with E-state index in [1.807, 2.05) is 0 Å². The van der Waals surface area contributed by atoms with E-state index in [1.54, 1.807) is 0 Å². The van der Waals surface area contributed by atoms with Gasteiger partial charge in [0.25, 0.3) is 5.97 Å². The summed E-state index contributed by atoms with van der Waals surface area (Å²) in [6, 6.07) is 0. The average Bonchev–Trinajstić information content (AvgIpc) is 1.25. The van der Waals surface area contributed by atoms with E-state index in [2.05, 4.69) is 0 Å². The number of aliphatic carboxylic acids is 1. The molecule has 0 aliphatic rings. The van der Waals surface area contributed by atoms with E-state index in [1.165, 1.54) is 0 Å². The van der Waals surface area contributed by atoms with Crippen molar-refractivity contribution in [3.8, 4) is 0 Å². The molecule has 0 aliphatic heterocycles. The maximum absolute atomic E-state index is 9.00. The molecule has 0 spiro atoms. The lowest BCUT2D eigenvalue weighted by Crippen LogP contribution is -1.78. The monoisotopic (exact) mass is 176 g/mol. The largest absolute Gasteiger partial charge is 0.481 e. The smallest absolute Gasteiger partial charge is 0.450 e. The Bertz CT molecular complexity index is 59.5. The Kier molecular flexibility index (Phi) is 10.4. The van der Waals surface area contributed by atoms with Gasteiger partial charge in [-0.15, -0.1) is 0 Å². The van der Waals surface area contributed by atoms with Crippen molar-refractivity contribution >= 4 is 45.3 Å². The summed E-state index contributed by atoms with van der Waals surface area (Å²) < 4.78 is 0. The summed E-state index contributed by atoms with van der Waals surface area (Å²) in [5.41, 5.74) is 0. The highest BCUT2D eigenvalue weighted by Gasteiger charge is 1.91. The second kappa shape index (κ2) is 7.40. The lowest BCUT2D eigenvalue weighted by atomic mass is 10.7. The number of rotatable bonds is 0. The predicted molar refractivity (Wildman–Crippen MR) is 36.6 cm³/mol. The summed E-state index contributed by atoms with van der Waals surface area (Å²) in [4.78, 5) is 8.25. The van der Waals surface area contributed by atoms with E-state index < -0.39 is 10.9 Å². The zero-order valence-corrected chi connectivity index (χ0v) is 6.33. The summed E-state index contributed by atoms with van der Waals surface area (Å²) in [7, 11) is 0. The quantitative estimate of drug-likeness (QED) is 0.573. The van der Waals surface area contributed by atoms with Gasteiger partial charge in [-0.25, -0.2) is 0 Å². The van der Waals surface area contributed by atoms with Crippen molar-refractivity contribution in [2.75, 3.05) is 0 Å². The Hall–Kier alpha value is 0.405. The summed E-state index contributed by atoms with van der Waals surface area (Å²) in [6.45, 7) is 1.08. The van der Waals surface area contributed by atoms with Crippen molar-refractivity contribution in [3.05, 3.63) is 0 Å². The highest BCUT2D eigenvalue weighted by molar-refractivity contribution is 7.54. The van der Waals surface area contributed by atoms with Crippen molar-refractivity contribution in [1.82, 2.24) is 0 Å². The lowest BCUT2D eigenvalue weighted by Gasteiger charge is -1.61. The van der Waals surface area contributed by atoms with E-state index in [-0.39, 0.29) is 0 Å². The van der Waals surface area contributed by atoms with E-state index in [4.69, 9.17) is 44.3 Å². The van der Waals surface area contributed by atoms with Crippen LogP contribution in [0, 0.1) is 0 Å². The van der Waals surface area contributed by atoms with E-state index in [0.717, 1.165) is 6.92 Å². The fraction of sp³-hybridized carbons (Fsp3) is 0.500. The zero-order chi connectivity index (χ0) is 7.15. The third-order valence-corrected chi connectivity index (χ3v) is 0. The first-order chi connectivity index (χ1) is 3.46. The standard InChI is InChI=1S/C2H4O2.BCl3/c1-2(3)4;2-1(3)4/h1H3,(H,3,4);. The van der Waals surface area contributed by atoms with Gasteiger partial charge in [-0.05, 0) is 0 Å². The number of carboxylic acids is 1. The fourth-order valence-corrected chi connectivity index (χ4v) is 0. The summed E-state index contributed by atoms with van der Waals surface area (Å²) in [5, 5.41) is 7.42. The minimum atomic E-state index is -0.833. The zero-order valence-electron chi connectivity index (χ0n) is 4.07. The van der Waals surface area contributed by atoms with Crippen LogP contribution in [0.2, 0.25) is 0 Å². The Morgan fingerprint density at radius 2 is 1.50 bits per heavy atom. The normalized spacial score (nSPS) is 6.50. The summed E-state index contributed by atoms with van der Waals surface area (Å²) in [5.74, 6) is -0.833. The highest BCUT2D eigenvalue weighted by Crippen LogP contribution is 1.97. The van der Waals surface area contributed by atoms with Gasteiger partial charge in [-0.1, -0.05) is 0 Å². The van der Waals surface area contributed by atoms with Crippen LogP contribution in [0.5, 0.6) is 0 Å². The molecule has 0 aromatic rings. The van der Waals surface area contributed by atoms with Crippen molar-refractivity contribution < 1.29 is 9.90 Å². The molecule has 2 nitrogen and oxygen atoms in total. The molecule has 0 saturated carbocycles. The minimum absolute atomic E-state index is 0.750. The number of halogens is 3. The molecule has 0 saturated heterocycles. The van der Waals surface area contributed by atoms with Gasteiger partial charge in [-0.2, -0.15) is 34.4 Å². The van der Waals surface area contributed by atoms with E-state index >= 15 is 0 Å². The summed E-state index contributed by atoms with van der Waals surface area (Å²) in [6.07, 6.45) is 0. The molecule has 48 valence electrons. The van der Waals surface area contributed by atoms with E-state index in [9.17, 15) is 0 Å². The van der Waals surface area contributed by atoms with Crippen LogP contribution in [0.25, 0.3) is 0 Å². The Balaban J connectivity index is 0. The molecule has 0 amide bonds. The molecular weight excluding hydrogens is 173 g/mol. The maximum atomic E-state index is 9.00. The Labute approximate surface area is 62.5 Å². The fourth-order valence-electron chi connectivity index (χ4n) is 0. The van der Waals surface area contributed by atoms with Crippen LogP contribution < -0.4 is 0 Å². The number of carbonyl (C=O) groups is 1. The molecule has 0 unspecified atom stereocenters. The molecule has 0 bridgehead atoms. The summed E-state index contributed by atoms with van der Waals surface area (Å²) >= 11 is 14.4. The Morgan fingerprint density at radius 1 is 1.50 bits per heavy atom. The molecule has 0 aliphatic carbocycles. The second-order valence-electron chi connectivity index (χ2n) is 0.766. The highest BCUT2D eigenvalue weighted by atomic mass is 35.6. The number of hydrogen-bond acceptors (Lipinski definition) is 1. The second-order valence-corrected chi connectivity index (χ2v) is 2.75. The van der Waals surface area contributed by atoms with Gasteiger partial charge in [0.1, 0.15) is 0 Å². The average molecular weight is 177 g/mol. The van der Waals surface area contributed by atoms with E-state index in [0.29, 0.717) is 0 Å². The first-order valence-corrected chi connectivity index (χ1v) is 2.89. The van der Waals surface area contributed by atoms with Crippen LogP contribution in [0.15, 0.2) is 0 Å². The molecule has 8 heavy (non-hydrogen) atoms. The third kappa shape index (κ3) is 1140. The first-order valence-electron chi connectivity index (χ1n) is 1.58. The van der Waals surface area contributed by atoms with Crippen LogP contribution in [0.1, 0.15) is 6.92 Å². The molecule has 0 aromatic heterocycles. The van der Waals surface area contributed by atoms with Crippen molar-refractivity contribution in [3.63, 3.8) is 0 Å². The van der Waals surface area contributed by atoms with Crippen LogP contribution in [0.4, 0.5) is 0 Å². The first kappa shape index (κ1) is 11.2. The van der Waals surface area contributed by atoms with Gasteiger partial charge >= 0.3 is 4.96 Å². The maximum Gasteiger partial charge on any atom is 0.450 e. The van der Waals surface area contributed by atoms with Crippen LogP contribution in [-0.2, 0) is 4.79 Å². The van der Waals surface area contributed by atoms with Gasteiger partial charge in [0.15, 0.2) is 0 Å². The van der Waals surface area contributed by atoms with Gasteiger partial charge in [0, 0.05) is 6.92 Å². The van der Waals surface area contributed by atoms with Crippen LogP contribution in [0.3, 0.4) is 0 Å². The van der Waals surface area contributed by atoms with Crippen molar-refractivity contribution in [2.24, 2.45) is 0 Å². The van der Waals surface area contributed by atoms with Gasteiger partial charge in [0.05, 0.1) is 0 Å². The van der Waals surface area contributed by atoms with Crippen molar-refractivity contribution in [2.45, 2.75) is 6.92 Å². The molecule has 0 rings (SSSR count). The molecule has 0 atom stereocenters. The molecule has 0 heterocycles. The molecule has 1 N–H and O–H groups in total. The topological polar surface area (TPSA) is 37.3 Å². The van der Waals surface area contributed by atoms with Gasteiger partial charge in [0.2, 0.25) is 0 Å². The van der Waals surface area contributed by atoms with Crippen LogP contribution >= 0.6 is 34.4 Å². The number of hydrogen-bond donors (Lipinski definition) is 1. The van der Waals surface area contributed by atoms with Gasteiger partial charge < -0.3 is 5.11 Å². The molecule has 6 heteroatoms. The van der Waals surface area contributed by atoms with Gasteiger partial charge in [-0.3, -0.25) is 4.79 Å². The number of carboxylic acid groups (broad SMARTS) is 1. The van der Waals surface area contributed by atoms with Crippen LogP contribution in [-0.4, -0.2) is 16.0 Å². The Morgan fingerprint density at radius 3 is 1.50 bits per heavy atom. The molecular formula is C2H4BCl3O2. The minimum Gasteiger partial charge on any atom is -0.481 e. The predicted octanol–water partition coefficient (Wildman–Crippen LogP) is 1.78. The molecule has 0 fully saturated rings. The molecule has 0 aromatic carbocycles. The SMILES string of the molecule is CC(=O)O.ClB(Cl)Cl. The molecule has 0 radical (unpaired) electrons. The third-order valence-electron chi connectivity index (χ3n) is 0. The lowest BCUT2D eigenvalue weighted by molar-refractivity contribution is -0.134.